The number of carbonyl (C=O) groups is 4. The predicted octanol–water partition coefficient (Wildman–Crippen LogP) is 5.61. The minimum Gasteiger partial charge on any atom is -0.484 e. The van der Waals surface area contributed by atoms with Gasteiger partial charge in [0.05, 0.1) is 62.0 Å². The molecule has 1 atom stereocenters. The number of nitrogens with one attached hydrogen (secondary N) is 2. The molecule has 5 heterocycles. The Balaban J connectivity index is 0.791. The van der Waals surface area contributed by atoms with Crippen LogP contribution in [0.4, 0.5) is 5.82 Å². The van der Waals surface area contributed by atoms with E-state index in [2.05, 4.69) is 36.6 Å². The van der Waals surface area contributed by atoms with E-state index < -0.39 is 23.5 Å². The van der Waals surface area contributed by atoms with Crippen molar-refractivity contribution in [2.45, 2.75) is 65.6 Å². The molecule has 0 unspecified atom stereocenters. The fourth-order valence-electron chi connectivity index (χ4n) is 6.94. The number of fused-ring (bicyclic) bond motifs is 1. The second-order valence-corrected chi connectivity index (χ2v) is 17.7. The molecular formula is C50H57N9O11. The van der Waals surface area contributed by atoms with Crippen molar-refractivity contribution in [1.29, 1.82) is 5.26 Å². The molecule has 2 amide bonds. The maximum absolute atomic E-state index is 13.3. The molecule has 20 nitrogen and oxygen atoms in total. The van der Waals surface area contributed by atoms with Crippen LogP contribution in [0.3, 0.4) is 0 Å². The number of carbonyl (C=O) groups excluding carboxylic acids is 3. The molecule has 4 aromatic heterocycles. The van der Waals surface area contributed by atoms with Gasteiger partial charge in [-0.15, -0.1) is 0 Å². The quantitative estimate of drug-likeness (QED) is 0.0569. The molecule has 6 rings (SSSR count). The molecule has 1 aliphatic rings. The first-order chi connectivity index (χ1) is 33.6. The van der Waals surface area contributed by atoms with Gasteiger partial charge in [-0.1, -0.05) is 32.9 Å². The molecule has 0 saturated heterocycles. The van der Waals surface area contributed by atoms with E-state index in [9.17, 15) is 29.5 Å². The number of nitriles is 1. The van der Waals surface area contributed by atoms with Crippen LogP contribution >= 0.6 is 0 Å². The Morgan fingerprint density at radius 2 is 1.56 bits per heavy atom. The molecule has 1 aromatic carbocycles. The molecule has 0 bridgehead atoms. The van der Waals surface area contributed by atoms with E-state index >= 15 is 0 Å². The first-order valence-corrected chi connectivity index (χ1v) is 22.6. The van der Waals surface area contributed by atoms with Crippen LogP contribution in [0.15, 0.2) is 85.5 Å². The number of hydrogen-bond acceptors (Lipinski definition) is 17. The van der Waals surface area contributed by atoms with Crippen LogP contribution in [-0.4, -0.2) is 125 Å². The third kappa shape index (κ3) is 14.9. The largest absolute Gasteiger partial charge is 0.484 e. The number of aliphatic carboxylic acids is 1. The van der Waals surface area contributed by atoms with Gasteiger partial charge in [-0.3, -0.25) is 14.4 Å². The van der Waals surface area contributed by atoms with Crippen molar-refractivity contribution in [2.24, 2.45) is 5.41 Å². The first-order valence-electron chi connectivity index (χ1n) is 22.6. The molecule has 368 valence electrons. The Labute approximate surface area is 405 Å². The highest BCUT2D eigenvalue weighted by atomic mass is 16.6. The number of nitrogens with zero attached hydrogens (tertiary/aromatic N) is 7. The summed E-state index contributed by atoms with van der Waals surface area (Å²) in [6.45, 7) is 12.2. The number of anilines is 1. The van der Waals surface area contributed by atoms with Crippen molar-refractivity contribution in [3.8, 4) is 40.7 Å². The molecule has 3 N–H and O–H groups in total. The summed E-state index contributed by atoms with van der Waals surface area (Å²) in [6.07, 6.45) is 6.99. The fourth-order valence-corrected chi connectivity index (χ4v) is 6.94. The lowest BCUT2D eigenvalue weighted by molar-refractivity contribution is -0.139. The maximum atomic E-state index is 13.3. The molecule has 0 fully saturated rings. The number of pyridine rings is 3. The van der Waals surface area contributed by atoms with E-state index in [1.807, 2.05) is 45.6 Å². The summed E-state index contributed by atoms with van der Waals surface area (Å²) in [5.41, 5.74) is 1.96. The Bertz CT molecular complexity index is 2620. The topological polar surface area (TPSA) is 259 Å². The van der Waals surface area contributed by atoms with Crippen molar-refractivity contribution in [3.63, 3.8) is 0 Å². The van der Waals surface area contributed by atoms with Crippen molar-refractivity contribution < 1.29 is 52.7 Å². The van der Waals surface area contributed by atoms with Gasteiger partial charge >= 0.3 is 12.0 Å². The van der Waals surface area contributed by atoms with Gasteiger partial charge in [-0.2, -0.15) is 5.26 Å². The van der Waals surface area contributed by atoms with Gasteiger partial charge in [-0.25, -0.2) is 29.7 Å². The third-order valence-electron chi connectivity index (χ3n) is 10.8. The maximum Gasteiger partial charge on any atom is 0.326 e. The zero-order valence-electron chi connectivity index (χ0n) is 39.8. The average Bonchev–Trinajstić information content (AvgIpc) is 3.53. The Hall–Kier alpha value is -7.60. The predicted molar refractivity (Wildman–Crippen MR) is 254 cm³/mol. The molecule has 20 heteroatoms. The number of rotatable bonds is 26. The molecule has 5 aromatic rings. The summed E-state index contributed by atoms with van der Waals surface area (Å²) >= 11 is 0. The third-order valence-corrected chi connectivity index (χ3v) is 10.8. The number of Topliss-reactive ketones (excluding diaryl/α,β-unsaturated/α-hetero) is 1. The van der Waals surface area contributed by atoms with Gasteiger partial charge in [0.2, 0.25) is 5.88 Å². The number of amides is 2. The Morgan fingerprint density at radius 1 is 0.843 bits per heavy atom. The lowest BCUT2D eigenvalue weighted by Crippen LogP contribution is -2.44. The van der Waals surface area contributed by atoms with Crippen molar-refractivity contribution in [2.75, 3.05) is 64.3 Å². The number of hydrogen-bond donors (Lipinski definition) is 3. The highest BCUT2D eigenvalue weighted by Crippen LogP contribution is 2.40. The van der Waals surface area contributed by atoms with Crippen LogP contribution in [0, 0.1) is 16.7 Å². The molecule has 0 saturated carbocycles. The average molecular weight is 960 g/mol. The van der Waals surface area contributed by atoms with Crippen LogP contribution in [0.1, 0.15) is 79.4 Å². The normalized spacial score (nSPS) is 13.2. The molecule has 0 radical (unpaired) electrons. The number of ether oxygens (including phenoxy) is 6. The summed E-state index contributed by atoms with van der Waals surface area (Å²) in [6, 6.07) is 18.0. The zero-order chi connectivity index (χ0) is 50.1. The van der Waals surface area contributed by atoms with Crippen LogP contribution in [0.2, 0.25) is 0 Å². The minimum absolute atomic E-state index is 0.0598. The molecule has 1 aliphatic heterocycles. The smallest absolute Gasteiger partial charge is 0.326 e. The Morgan fingerprint density at radius 3 is 2.24 bits per heavy atom. The van der Waals surface area contributed by atoms with Gasteiger partial charge in [-0.05, 0) is 68.5 Å². The lowest BCUT2D eigenvalue weighted by Gasteiger charge is -2.32. The fraction of sp³-hybridized carbons (Fsp3) is 0.400. The number of carboxylic acid groups (broad SMARTS) is 1. The monoisotopic (exact) mass is 959 g/mol. The van der Waals surface area contributed by atoms with Gasteiger partial charge in [0.25, 0.3) is 11.8 Å². The summed E-state index contributed by atoms with van der Waals surface area (Å²) in [5, 5.41) is 24.4. The summed E-state index contributed by atoms with van der Waals surface area (Å²) in [4.78, 5) is 73.7. The zero-order valence-corrected chi connectivity index (χ0v) is 39.8. The van der Waals surface area contributed by atoms with E-state index in [1.54, 1.807) is 61.1 Å². The SMILES string of the molecule is CC(C)(C)CC[C@H](NC(=O)c1ccc(Oc2cccc(OCC(=O)NCCOCCOCCOCCOc3ncc(-c4ccc5c(n4)N(Cc4cccnc4C#N)C(C)(C)C5=O)cn3)c2)nc1)C(=O)O. The van der Waals surface area contributed by atoms with Crippen LogP contribution in [0.5, 0.6) is 23.4 Å². The van der Waals surface area contributed by atoms with Crippen molar-refractivity contribution in [3.05, 3.63) is 108 Å². The highest BCUT2D eigenvalue weighted by Gasteiger charge is 2.45. The standard InChI is InChI=1S/C50H57N9O11/c1-49(2,3)16-15-40(47(63)64)58-46(62)33-11-14-43(54-28-33)70-37-10-6-9-36(26-37)69-32-42(60)53-18-19-65-20-21-66-22-23-67-24-25-68-48-55-29-35(30-56-48)39-13-12-38-44(61)50(4,5)59(45(38)57-39)31-34-8-7-17-52-41(34)27-51/h6-14,17,26,28-30,40H,15-16,18-25,31-32H2,1-5H3,(H,53,60)(H,58,62)(H,63,64)/t40-/m0/s1. The van der Waals surface area contributed by atoms with E-state index in [0.29, 0.717) is 84.7 Å². The van der Waals surface area contributed by atoms with Crippen molar-refractivity contribution in [1.82, 2.24) is 35.6 Å². The number of aromatic nitrogens is 5. The van der Waals surface area contributed by atoms with E-state index in [1.165, 1.54) is 18.3 Å². The number of carboxylic acids is 1. The Kier molecular flexibility index (Phi) is 18.2. The molecule has 70 heavy (non-hydrogen) atoms. The summed E-state index contributed by atoms with van der Waals surface area (Å²) in [5.74, 6) is -0.548. The second kappa shape index (κ2) is 24.6. The van der Waals surface area contributed by atoms with Gasteiger partial charge in [0.15, 0.2) is 12.4 Å². The second-order valence-electron chi connectivity index (χ2n) is 17.7. The van der Waals surface area contributed by atoms with Gasteiger partial charge < -0.3 is 49.1 Å². The van der Waals surface area contributed by atoms with Gasteiger partial charge in [0, 0.05) is 61.1 Å². The summed E-state index contributed by atoms with van der Waals surface area (Å²) in [7, 11) is 0. The molecule has 0 spiro atoms. The van der Waals surface area contributed by atoms with E-state index in [-0.39, 0.29) is 74.1 Å². The van der Waals surface area contributed by atoms with Crippen LogP contribution in [0.25, 0.3) is 11.3 Å². The highest BCUT2D eigenvalue weighted by molar-refractivity contribution is 6.13. The lowest BCUT2D eigenvalue weighted by atomic mass is 9.88. The summed E-state index contributed by atoms with van der Waals surface area (Å²) < 4.78 is 33.7. The first kappa shape index (κ1) is 51.8. The van der Waals surface area contributed by atoms with Crippen molar-refractivity contribution >= 4 is 29.4 Å². The van der Waals surface area contributed by atoms with Gasteiger partial charge in [0.1, 0.15) is 41.7 Å². The molecular weight excluding hydrogens is 903 g/mol. The number of ketones is 1. The van der Waals surface area contributed by atoms with Crippen LogP contribution in [-0.2, 0) is 30.3 Å². The van der Waals surface area contributed by atoms with Crippen LogP contribution < -0.4 is 29.7 Å². The van der Waals surface area contributed by atoms with E-state index in [0.717, 1.165) is 0 Å². The minimum atomic E-state index is -1.10. The molecule has 0 aliphatic carbocycles. The van der Waals surface area contributed by atoms with E-state index in [4.69, 9.17) is 33.4 Å². The number of benzene rings is 1.